The van der Waals surface area contributed by atoms with Crippen LogP contribution in [0.3, 0.4) is 0 Å². The second-order valence-corrected chi connectivity index (χ2v) is 4.28. The van der Waals surface area contributed by atoms with Crippen molar-refractivity contribution >= 4 is 23.9 Å². The van der Waals surface area contributed by atoms with Crippen molar-refractivity contribution in [2.75, 3.05) is 0 Å². The maximum absolute atomic E-state index is 10.4. The minimum atomic E-state index is -1.48. The molecule has 0 heterocycles. The molecule has 0 atom stereocenters. The molecule has 0 saturated carbocycles. The van der Waals surface area contributed by atoms with Crippen molar-refractivity contribution in [2.45, 2.75) is 0 Å². The molecule has 132 valence electrons. The van der Waals surface area contributed by atoms with Gasteiger partial charge in [-0.2, -0.15) is 0 Å². The Morgan fingerprint density at radius 3 is 0.963 bits per heavy atom. The fourth-order valence-corrected chi connectivity index (χ4v) is 1.70. The third-order valence-electron chi connectivity index (χ3n) is 2.75. The summed E-state index contributed by atoms with van der Waals surface area (Å²) in [5.41, 5.74) is -1.11. The van der Waals surface area contributed by atoms with Crippen LogP contribution in [-0.2, 0) is 0 Å². The summed E-state index contributed by atoms with van der Waals surface area (Å²) in [4.78, 5) is 41.6. The normalized spacial score (nSPS) is 8.30. The molecule has 0 bridgehead atoms. The van der Waals surface area contributed by atoms with E-state index < -0.39 is 23.9 Å². The van der Waals surface area contributed by atoms with Crippen molar-refractivity contribution in [3.8, 4) is 0 Å². The van der Waals surface area contributed by atoms with E-state index in [1.807, 2.05) is 0 Å². The van der Waals surface area contributed by atoms with Crippen molar-refractivity contribution in [3.63, 3.8) is 0 Å². The van der Waals surface area contributed by atoms with E-state index in [1.165, 1.54) is 48.5 Å². The molecule has 2 aromatic carbocycles. The van der Waals surface area contributed by atoms with Gasteiger partial charge in [-0.3, -0.25) is 0 Å². The maximum Gasteiger partial charge on any atom is 1.00 e. The zero-order chi connectivity index (χ0) is 18.3. The Morgan fingerprint density at radius 1 is 0.593 bits per heavy atom. The van der Waals surface area contributed by atoms with Crippen LogP contribution in [0.2, 0.25) is 0 Å². The third kappa shape index (κ3) is 9.16. The van der Waals surface area contributed by atoms with Crippen molar-refractivity contribution < 1.29 is 104 Å². The molecular formula is C16H12Na2O9. The average molecular weight is 394 g/mol. The zero-order valence-corrected chi connectivity index (χ0v) is 18.5. The topological polar surface area (TPSA) is 186 Å². The number of benzene rings is 2. The molecule has 27 heavy (non-hydrogen) atoms. The van der Waals surface area contributed by atoms with Crippen LogP contribution in [0.4, 0.5) is 0 Å². The van der Waals surface area contributed by atoms with Crippen molar-refractivity contribution in [1.29, 1.82) is 0 Å². The van der Waals surface area contributed by atoms with Gasteiger partial charge in [0.15, 0.2) is 0 Å². The summed E-state index contributed by atoms with van der Waals surface area (Å²) in [5.74, 6) is -5.49. The summed E-state index contributed by atoms with van der Waals surface area (Å²) in [6.45, 7) is 0. The number of hydrogen-bond acceptors (Lipinski definition) is 6. The van der Waals surface area contributed by atoms with Gasteiger partial charge in [0.05, 0.1) is 23.1 Å². The Hall–Kier alpha value is -1.72. The average Bonchev–Trinajstić information content (AvgIpc) is 2.55. The fraction of sp³-hybridized carbons (Fsp3) is 0. The van der Waals surface area contributed by atoms with Crippen LogP contribution < -0.4 is 69.3 Å². The molecule has 0 amide bonds. The van der Waals surface area contributed by atoms with Gasteiger partial charge in [0.1, 0.15) is 0 Å². The van der Waals surface area contributed by atoms with Gasteiger partial charge < -0.3 is 35.5 Å². The number of carbonyl (C=O) groups excluding carboxylic acids is 2. The van der Waals surface area contributed by atoms with Crippen LogP contribution in [0.15, 0.2) is 48.5 Å². The molecule has 0 spiro atoms. The predicted octanol–water partition coefficient (Wildman–Crippen LogP) is -7.32. The summed E-state index contributed by atoms with van der Waals surface area (Å²) >= 11 is 0. The van der Waals surface area contributed by atoms with E-state index in [4.69, 9.17) is 10.2 Å². The van der Waals surface area contributed by atoms with E-state index >= 15 is 0 Å². The second-order valence-electron chi connectivity index (χ2n) is 4.28. The summed E-state index contributed by atoms with van der Waals surface area (Å²) in [7, 11) is 0. The zero-order valence-electron chi connectivity index (χ0n) is 14.5. The summed E-state index contributed by atoms with van der Waals surface area (Å²) in [6.07, 6.45) is 0. The minimum absolute atomic E-state index is 0. The number of carbonyl (C=O) groups is 4. The van der Waals surface area contributed by atoms with Crippen molar-refractivity contribution in [2.24, 2.45) is 0 Å². The van der Waals surface area contributed by atoms with Gasteiger partial charge >= 0.3 is 71.1 Å². The van der Waals surface area contributed by atoms with Crippen LogP contribution in [0.25, 0.3) is 0 Å². The number of hydrogen-bond donors (Lipinski definition) is 2. The van der Waals surface area contributed by atoms with Crippen LogP contribution >= 0.6 is 0 Å². The molecule has 4 N–H and O–H groups in total. The Labute approximate surface area is 197 Å². The van der Waals surface area contributed by atoms with Crippen LogP contribution in [0.1, 0.15) is 41.4 Å². The number of carboxylic acid groups (broad SMARTS) is 4. The molecule has 0 aromatic heterocycles. The molecule has 11 heteroatoms. The van der Waals surface area contributed by atoms with Gasteiger partial charge in [0.25, 0.3) is 0 Å². The van der Waals surface area contributed by atoms with Gasteiger partial charge in [-0.15, -0.1) is 0 Å². The standard InChI is InChI=1S/2C8H6O4.2Na.H2O/c2*9-7(10)5-3-1-2-4-6(5)8(11)12;;;/h2*1-4H,(H,9,10)(H,11,12);;;1H2/q;;2*+1;/p-2. The first kappa shape index (κ1) is 30.0. The van der Waals surface area contributed by atoms with Gasteiger partial charge in [-0.1, -0.05) is 36.4 Å². The molecule has 0 fully saturated rings. The van der Waals surface area contributed by atoms with Gasteiger partial charge in [-0.05, 0) is 12.1 Å². The Morgan fingerprint density at radius 2 is 0.815 bits per heavy atom. The Kier molecular flexibility index (Phi) is 16.0. The summed E-state index contributed by atoms with van der Waals surface area (Å²) in [6, 6.07) is 10.6. The van der Waals surface area contributed by atoms with E-state index in [0.29, 0.717) is 0 Å². The Balaban J connectivity index is -0.000000384. The number of carboxylic acids is 4. The smallest absolute Gasteiger partial charge is 0.545 e. The monoisotopic (exact) mass is 394 g/mol. The first-order valence-corrected chi connectivity index (χ1v) is 6.33. The predicted molar refractivity (Wildman–Crippen MR) is 79.1 cm³/mol. The minimum Gasteiger partial charge on any atom is -0.545 e. The first-order chi connectivity index (χ1) is 11.3. The summed E-state index contributed by atoms with van der Waals surface area (Å²) in [5, 5.41) is 37.8. The molecular weight excluding hydrogens is 382 g/mol. The van der Waals surface area contributed by atoms with E-state index in [-0.39, 0.29) is 86.8 Å². The van der Waals surface area contributed by atoms with Crippen molar-refractivity contribution in [3.05, 3.63) is 70.8 Å². The fourth-order valence-electron chi connectivity index (χ4n) is 1.70. The molecule has 0 saturated heterocycles. The molecule has 0 unspecified atom stereocenters. The third-order valence-corrected chi connectivity index (χ3v) is 2.75. The molecule has 0 radical (unpaired) electrons. The quantitative estimate of drug-likeness (QED) is 0.479. The Bertz CT molecular complexity index is 672. The molecule has 2 rings (SSSR count). The van der Waals surface area contributed by atoms with Crippen LogP contribution in [0.5, 0.6) is 0 Å². The molecule has 9 nitrogen and oxygen atoms in total. The SMILES string of the molecule is O.O=C([O-])c1ccccc1C(=O)O.O=C([O-])c1ccccc1C(=O)O.[Na+].[Na+]. The maximum atomic E-state index is 10.4. The van der Waals surface area contributed by atoms with Gasteiger partial charge in [-0.25, -0.2) is 9.59 Å². The van der Waals surface area contributed by atoms with Crippen molar-refractivity contribution in [1.82, 2.24) is 0 Å². The second kappa shape index (κ2) is 14.4. The van der Waals surface area contributed by atoms with E-state index in [2.05, 4.69) is 0 Å². The van der Waals surface area contributed by atoms with Crippen LogP contribution in [-0.4, -0.2) is 39.6 Å². The largest absolute Gasteiger partial charge is 1.00 e. The van der Waals surface area contributed by atoms with E-state index in [9.17, 15) is 29.4 Å². The van der Waals surface area contributed by atoms with E-state index in [1.54, 1.807) is 0 Å². The first-order valence-electron chi connectivity index (χ1n) is 6.33. The number of rotatable bonds is 4. The van der Waals surface area contributed by atoms with E-state index in [0.717, 1.165) is 0 Å². The molecule has 2 aromatic rings. The molecule has 0 aliphatic carbocycles. The van der Waals surface area contributed by atoms with Gasteiger partial charge in [0, 0.05) is 11.1 Å². The molecule has 0 aliphatic heterocycles. The molecule has 0 aliphatic rings. The number of aromatic carboxylic acids is 4. The van der Waals surface area contributed by atoms with Gasteiger partial charge in [0.2, 0.25) is 0 Å². The summed E-state index contributed by atoms with van der Waals surface area (Å²) < 4.78 is 0. The van der Waals surface area contributed by atoms with Crippen LogP contribution in [0, 0.1) is 0 Å².